The van der Waals surface area contributed by atoms with E-state index in [1.807, 2.05) is 0 Å². The third kappa shape index (κ3) is 3.05. The summed E-state index contributed by atoms with van der Waals surface area (Å²) in [7, 11) is 0. The third-order valence-electron chi connectivity index (χ3n) is 2.10. The number of aliphatic hydroxyl groups excluding tert-OH is 3. The van der Waals surface area contributed by atoms with Gasteiger partial charge in [-0.2, -0.15) is 0 Å². The zero-order valence-electron chi connectivity index (χ0n) is 8.32. The lowest BCUT2D eigenvalue weighted by atomic mass is 10.0. The van der Waals surface area contributed by atoms with E-state index in [0.717, 1.165) is 0 Å². The molecule has 0 unspecified atom stereocenters. The summed E-state index contributed by atoms with van der Waals surface area (Å²) >= 11 is 8.95. The molecule has 0 aromatic carbocycles. The average Bonchev–Trinajstić information content (AvgIpc) is 2.29. The fourth-order valence-corrected chi connectivity index (χ4v) is 1.76. The van der Waals surface area contributed by atoms with Gasteiger partial charge in [-0.05, 0) is 22.0 Å². The number of halogens is 2. The molecule has 1 heterocycles. The van der Waals surface area contributed by atoms with E-state index in [1.54, 1.807) is 6.07 Å². The third-order valence-corrected chi connectivity index (χ3v) is 2.91. The van der Waals surface area contributed by atoms with Crippen LogP contribution in [0, 0.1) is 0 Å². The van der Waals surface area contributed by atoms with Crippen molar-refractivity contribution in [1.82, 2.24) is 4.98 Å². The molecule has 0 aliphatic carbocycles. The quantitative estimate of drug-likeness (QED) is 0.641. The highest BCUT2D eigenvalue weighted by molar-refractivity contribution is 9.10. The lowest BCUT2D eigenvalue weighted by molar-refractivity contribution is 0.0830. The number of rotatable bonds is 5. The van der Waals surface area contributed by atoms with E-state index in [9.17, 15) is 0 Å². The summed E-state index contributed by atoms with van der Waals surface area (Å²) in [6.45, 7) is -1.26. The van der Waals surface area contributed by atoms with Crippen molar-refractivity contribution in [2.45, 2.75) is 5.54 Å². The Kier molecular flexibility index (Phi) is 4.94. The molecule has 16 heavy (non-hydrogen) atoms. The lowest BCUT2D eigenvalue weighted by Crippen LogP contribution is -2.49. The average molecular weight is 312 g/mol. The van der Waals surface area contributed by atoms with Gasteiger partial charge in [0.15, 0.2) is 0 Å². The summed E-state index contributed by atoms with van der Waals surface area (Å²) in [5.41, 5.74) is -1.21. The van der Waals surface area contributed by atoms with E-state index in [4.69, 9.17) is 26.9 Å². The van der Waals surface area contributed by atoms with Crippen LogP contribution in [0.2, 0.25) is 5.02 Å². The smallest absolute Gasteiger partial charge is 0.141 e. The molecule has 0 bridgehead atoms. The number of pyridine rings is 1. The molecule has 0 saturated heterocycles. The number of nitrogens with zero attached hydrogens (tertiary/aromatic N) is 1. The van der Waals surface area contributed by atoms with E-state index in [2.05, 4.69) is 26.2 Å². The Balaban J connectivity index is 2.93. The fraction of sp³-hybridized carbons (Fsp3) is 0.444. The van der Waals surface area contributed by atoms with Crippen molar-refractivity contribution >= 4 is 33.3 Å². The molecule has 5 nitrogen and oxygen atoms in total. The molecule has 0 atom stereocenters. The molecule has 0 aliphatic rings. The van der Waals surface area contributed by atoms with Crippen molar-refractivity contribution in [2.75, 3.05) is 25.1 Å². The molecular formula is C9H12BrClN2O3. The van der Waals surface area contributed by atoms with Gasteiger partial charge in [-0.3, -0.25) is 0 Å². The van der Waals surface area contributed by atoms with Crippen LogP contribution in [0.1, 0.15) is 0 Å². The van der Waals surface area contributed by atoms with Crippen molar-refractivity contribution in [3.8, 4) is 0 Å². The lowest BCUT2D eigenvalue weighted by Gasteiger charge is -2.29. The van der Waals surface area contributed by atoms with E-state index >= 15 is 0 Å². The van der Waals surface area contributed by atoms with Crippen LogP contribution in [-0.2, 0) is 0 Å². The van der Waals surface area contributed by atoms with Gasteiger partial charge in [-0.15, -0.1) is 0 Å². The first-order chi connectivity index (χ1) is 7.56. The zero-order valence-corrected chi connectivity index (χ0v) is 10.7. The SMILES string of the molecule is OCC(CO)(CO)Nc1ncc(Cl)cc1Br. The number of nitrogens with one attached hydrogen (secondary N) is 1. The fourth-order valence-electron chi connectivity index (χ4n) is 1.03. The standard InChI is InChI=1S/C9H12BrClN2O3/c10-7-1-6(11)2-12-8(7)13-9(3-14,4-15)5-16/h1-2,14-16H,3-5H2,(H,12,13). The molecule has 90 valence electrons. The summed E-state index contributed by atoms with van der Waals surface area (Å²) in [6, 6.07) is 1.62. The van der Waals surface area contributed by atoms with Gasteiger partial charge in [0.05, 0.1) is 29.3 Å². The van der Waals surface area contributed by atoms with E-state index in [0.29, 0.717) is 15.3 Å². The Morgan fingerprint density at radius 2 is 1.88 bits per heavy atom. The molecule has 7 heteroatoms. The summed E-state index contributed by atoms with van der Waals surface area (Å²) in [5, 5.41) is 30.6. The summed E-state index contributed by atoms with van der Waals surface area (Å²) < 4.78 is 0.583. The molecular weight excluding hydrogens is 299 g/mol. The van der Waals surface area contributed by atoms with Gasteiger partial charge in [-0.25, -0.2) is 4.98 Å². The Morgan fingerprint density at radius 1 is 1.31 bits per heavy atom. The van der Waals surface area contributed by atoms with Crippen LogP contribution in [0.5, 0.6) is 0 Å². The maximum Gasteiger partial charge on any atom is 0.141 e. The highest BCUT2D eigenvalue weighted by Gasteiger charge is 2.28. The maximum atomic E-state index is 9.13. The minimum absolute atomic E-state index is 0.390. The Hall–Kier alpha value is -0.400. The number of anilines is 1. The van der Waals surface area contributed by atoms with Gasteiger partial charge in [0, 0.05) is 6.20 Å². The van der Waals surface area contributed by atoms with Crippen molar-refractivity contribution in [2.24, 2.45) is 0 Å². The van der Waals surface area contributed by atoms with Crippen LogP contribution in [0.3, 0.4) is 0 Å². The van der Waals surface area contributed by atoms with Gasteiger partial charge in [0.2, 0.25) is 0 Å². The van der Waals surface area contributed by atoms with Crippen LogP contribution in [0.25, 0.3) is 0 Å². The number of hydrogen-bond acceptors (Lipinski definition) is 5. The van der Waals surface area contributed by atoms with E-state index in [-0.39, 0.29) is 0 Å². The predicted octanol–water partition coefficient (Wildman–Crippen LogP) is 0.625. The van der Waals surface area contributed by atoms with Crippen LogP contribution in [-0.4, -0.2) is 45.7 Å². The van der Waals surface area contributed by atoms with Gasteiger partial charge >= 0.3 is 0 Å². The van der Waals surface area contributed by atoms with Crippen molar-refractivity contribution < 1.29 is 15.3 Å². The van der Waals surface area contributed by atoms with E-state index < -0.39 is 25.4 Å². The second kappa shape index (κ2) is 5.79. The summed E-state index contributed by atoms with van der Waals surface area (Å²) in [5.74, 6) is 0.390. The van der Waals surface area contributed by atoms with Crippen LogP contribution < -0.4 is 5.32 Å². The van der Waals surface area contributed by atoms with Gasteiger partial charge in [0.1, 0.15) is 11.4 Å². The largest absolute Gasteiger partial charge is 0.394 e. The van der Waals surface area contributed by atoms with Crippen molar-refractivity contribution in [1.29, 1.82) is 0 Å². The molecule has 0 saturated carbocycles. The van der Waals surface area contributed by atoms with Crippen molar-refractivity contribution in [3.63, 3.8) is 0 Å². The van der Waals surface area contributed by atoms with Gasteiger partial charge < -0.3 is 20.6 Å². The molecule has 1 aromatic rings. The van der Waals surface area contributed by atoms with Crippen LogP contribution >= 0.6 is 27.5 Å². The first-order valence-corrected chi connectivity index (χ1v) is 5.66. The topological polar surface area (TPSA) is 85.6 Å². The Morgan fingerprint density at radius 3 is 2.31 bits per heavy atom. The molecule has 0 aliphatic heterocycles. The first kappa shape index (κ1) is 13.7. The molecule has 1 rings (SSSR count). The van der Waals surface area contributed by atoms with Gasteiger partial charge in [0.25, 0.3) is 0 Å². The van der Waals surface area contributed by atoms with Crippen LogP contribution in [0.15, 0.2) is 16.7 Å². The Bertz CT molecular complexity index is 352. The number of hydrogen-bond donors (Lipinski definition) is 4. The summed E-state index contributed by atoms with van der Waals surface area (Å²) in [6.07, 6.45) is 1.42. The van der Waals surface area contributed by atoms with Crippen LogP contribution in [0.4, 0.5) is 5.82 Å². The predicted molar refractivity (Wildman–Crippen MR) is 64.6 cm³/mol. The monoisotopic (exact) mass is 310 g/mol. The second-order valence-electron chi connectivity index (χ2n) is 3.36. The Labute approximate surface area is 106 Å². The molecule has 4 N–H and O–H groups in total. The molecule has 0 amide bonds. The number of aromatic nitrogens is 1. The highest BCUT2D eigenvalue weighted by Crippen LogP contribution is 2.25. The first-order valence-electron chi connectivity index (χ1n) is 4.49. The number of aliphatic hydroxyl groups is 3. The van der Waals surface area contributed by atoms with E-state index in [1.165, 1.54) is 6.20 Å². The van der Waals surface area contributed by atoms with Gasteiger partial charge in [-0.1, -0.05) is 11.6 Å². The normalized spacial score (nSPS) is 11.6. The molecule has 0 radical (unpaired) electrons. The molecule has 1 aromatic heterocycles. The second-order valence-corrected chi connectivity index (χ2v) is 4.65. The highest BCUT2D eigenvalue weighted by atomic mass is 79.9. The minimum Gasteiger partial charge on any atom is -0.394 e. The minimum atomic E-state index is -1.21. The molecule has 0 spiro atoms. The zero-order chi connectivity index (χ0) is 12.2. The molecule has 0 fully saturated rings. The van der Waals surface area contributed by atoms with Crippen molar-refractivity contribution in [3.05, 3.63) is 21.8 Å². The summed E-state index contributed by atoms with van der Waals surface area (Å²) in [4.78, 5) is 3.98. The maximum absolute atomic E-state index is 9.13.